The Labute approximate surface area is 176 Å². The van der Waals surface area contributed by atoms with E-state index in [4.69, 9.17) is 15.0 Å². The zero-order valence-electron chi connectivity index (χ0n) is 17.0. The van der Waals surface area contributed by atoms with Crippen molar-refractivity contribution < 1.29 is 4.74 Å². The van der Waals surface area contributed by atoms with E-state index in [9.17, 15) is 0 Å². The van der Waals surface area contributed by atoms with Gasteiger partial charge in [-0.25, -0.2) is 4.98 Å². The molecule has 0 bridgehead atoms. The van der Waals surface area contributed by atoms with Gasteiger partial charge in [0, 0.05) is 31.7 Å². The Kier molecular flexibility index (Phi) is 5.81. The first-order chi connectivity index (χ1) is 14.0. The summed E-state index contributed by atoms with van der Waals surface area (Å²) in [4.78, 5) is 9.77. The first-order valence-corrected chi connectivity index (χ1v) is 10.8. The number of nitriles is 1. The van der Waals surface area contributed by atoms with Crippen LogP contribution in [0.4, 0.5) is 0 Å². The molecule has 29 heavy (non-hydrogen) atoms. The molecule has 4 rings (SSSR count). The summed E-state index contributed by atoms with van der Waals surface area (Å²) in [5, 5.41) is 10.1. The lowest BCUT2D eigenvalue weighted by molar-refractivity contribution is 0.0213. The lowest BCUT2D eigenvalue weighted by atomic mass is 10.0. The second-order valence-electron chi connectivity index (χ2n) is 8.08. The van der Waals surface area contributed by atoms with E-state index in [2.05, 4.69) is 47.9 Å². The van der Waals surface area contributed by atoms with E-state index in [-0.39, 0.29) is 5.54 Å². The van der Waals surface area contributed by atoms with Crippen molar-refractivity contribution in [2.75, 3.05) is 32.8 Å². The number of hydrogen-bond acceptors (Lipinski definition) is 6. The summed E-state index contributed by atoms with van der Waals surface area (Å²) < 4.78 is 7.27. The molecule has 0 unspecified atom stereocenters. The largest absolute Gasteiger partial charge is 0.492 e. The van der Waals surface area contributed by atoms with Gasteiger partial charge in [-0.3, -0.25) is 9.80 Å². The molecule has 0 atom stereocenters. The molecule has 1 aliphatic rings. The van der Waals surface area contributed by atoms with Crippen molar-refractivity contribution in [3.05, 3.63) is 59.1 Å². The maximum Gasteiger partial charge on any atom is 0.119 e. The predicted molar refractivity (Wildman–Crippen MR) is 117 cm³/mol. The Morgan fingerprint density at radius 3 is 2.48 bits per heavy atom. The highest BCUT2D eigenvalue weighted by atomic mass is 32.1. The number of fused-ring (bicyclic) bond motifs is 1. The first-order valence-electron chi connectivity index (χ1n) is 9.98. The molecule has 1 fully saturated rings. The maximum absolute atomic E-state index is 8.90. The van der Waals surface area contributed by atoms with E-state index in [1.165, 1.54) is 9.71 Å². The van der Waals surface area contributed by atoms with Crippen molar-refractivity contribution in [2.24, 2.45) is 0 Å². The monoisotopic (exact) mass is 406 g/mol. The molecule has 5 nitrogen and oxygen atoms in total. The number of thiazole rings is 1. The standard InChI is InChI=1S/C23H26N4OS/c1-23(2,17-28-19-9-7-18(15-24)8-10-19)27-13-11-26(12-14-27)16-22-25-20-5-3-4-6-21(20)29-22/h3-10H,11-14,16-17H2,1-2H3. The number of hydrogen-bond donors (Lipinski definition) is 0. The normalized spacial score (nSPS) is 16.0. The summed E-state index contributed by atoms with van der Waals surface area (Å²) in [5.74, 6) is 0.812. The molecule has 2 aromatic carbocycles. The summed E-state index contributed by atoms with van der Waals surface area (Å²) in [6.07, 6.45) is 0. The molecular formula is C23H26N4OS. The van der Waals surface area contributed by atoms with E-state index < -0.39 is 0 Å². The molecule has 2 heterocycles. The van der Waals surface area contributed by atoms with Gasteiger partial charge in [-0.05, 0) is 50.2 Å². The summed E-state index contributed by atoms with van der Waals surface area (Å²) in [7, 11) is 0. The van der Waals surface area contributed by atoms with Crippen LogP contribution in [0.1, 0.15) is 24.4 Å². The van der Waals surface area contributed by atoms with Gasteiger partial charge in [-0.2, -0.15) is 5.26 Å². The Morgan fingerprint density at radius 1 is 1.07 bits per heavy atom. The van der Waals surface area contributed by atoms with E-state index in [0.29, 0.717) is 12.2 Å². The Hall–Kier alpha value is -2.46. The van der Waals surface area contributed by atoms with Crippen LogP contribution in [-0.2, 0) is 6.54 Å². The quantitative estimate of drug-likeness (QED) is 0.616. The van der Waals surface area contributed by atoms with E-state index in [1.54, 1.807) is 23.5 Å². The molecule has 0 amide bonds. The highest BCUT2D eigenvalue weighted by molar-refractivity contribution is 7.18. The maximum atomic E-state index is 8.90. The Balaban J connectivity index is 1.28. The van der Waals surface area contributed by atoms with E-state index in [0.717, 1.165) is 44.0 Å². The summed E-state index contributed by atoms with van der Waals surface area (Å²) in [5.41, 5.74) is 1.71. The molecule has 6 heteroatoms. The number of para-hydroxylation sites is 1. The third kappa shape index (κ3) is 4.76. The van der Waals surface area contributed by atoms with Crippen LogP contribution in [0, 0.1) is 11.3 Å². The van der Waals surface area contributed by atoms with Gasteiger partial charge in [-0.1, -0.05) is 12.1 Å². The van der Waals surface area contributed by atoms with Gasteiger partial charge < -0.3 is 4.74 Å². The molecule has 1 saturated heterocycles. The van der Waals surface area contributed by atoms with Gasteiger partial charge in [0.25, 0.3) is 0 Å². The number of ether oxygens (including phenoxy) is 1. The molecule has 0 spiro atoms. The van der Waals surface area contributed by atoms with Gasteiger partial charge in [0.15, 0.2) is 0 Å². The minimum Gasteiger partial charge on any atom is -0.492 e. The molecular weight excluding hydrogens is 380 g/mol. The fourth-order valence-corrected chi connectivity index (χ4v) is 4.68. The summed E-state index contributed by atoms with van der Waals surface area (Å²) in [6.45, 7) is 10.1. The van der Waals surface area contributed by atoms with Crippen molar-refractivity contribution in [3.8, 4) is 11.8 Å². The van der Waals surface area contributed by atoms with Crippen molar-refractivity contribution in [2.45, 2.75) is 25.9 Å². The van der Waals surface area contributed by atoms with Gasteiger partial charge >= 0.3 is 0 Å². The molecule has 1 aliphatic heterocycles. The van der Waals surface area contributed by atoms with Crippen molar-refractivity contribution in [3.63, 3.8) is 0 Å². The van der Waals surface area contributed by atoms with Crippen molar-refractivity contribution in [1.82, 2.24) is 14.8 Å². The smallest absolute Gasteiger partial charge is 0.119 e. The third-order valence-corrected chi connectivity index (χ3v) is 6.52. The molecule has 1 aromatic heterocycles. The zero-order chi connectivity index (χ0) is 20.3. The van der Waals surface area contributed by atoms with E-state index >= 15 is 0 Å². The number of nitrogens with zero attached hydrogens (tertiary/aromatic N) is 4. The van der Waals surface area contributed by atoms with Gasteiger partial charge in [0.05, 0.1) is 28.4 Å². The number of benzene rings is 2. The Morgan fingerprint density at radius 2 is 1.79 bits per heavy atom. The van der Waals surface area contributed by atoms with Gasteiger partial charge in [-0.15, -0.1) is 11.3 Å². The average molecular weight is 407 g/mol. The second kappa shape index (κ2) is 8.50. The van der Waals surface area contributed by atoms with Crippen molar-refractivity contribution in [1.29, 1.82) is 5.26 Å². The fraction of sp³-hybridized carbons (Fsp3) is 0.391. The number of rotatable bonds is 6. The molecule has 0 saturated carbocycles. The molecule has 150 valence electrons. The van der Waals surface area contributed by atoms with Crippen LogP contribution >= 0.6 is 11.3 Å². The second-order valence-corrected chi connectivity index (χ2v) is 9.19. The predicted octanol–water partition coefficient (Wildman–Crippen LogP) is 4.14. The van der Waals surface area contributed by atoms with Crippen LogP contribution in [0.3, 0.4) is 0 Å². The lowest BCUT2D eigenvalue weighted by Crippen LogP contribution is -2.56. The lowest BCUT2D eigenvalue weighted by Gasteiger charge is -2.43. The third-order valence-electron chi connectivity index (χ3n) is 5.50. The first kappa shape index (κ1) is 19.8. The van der Waals surface area contributed by atoms with Crippen LogP contribution in [-0.4, -0.2) is 53.1 Å². The van der Waals surface area contributed by atoms with Crippen LogP contribution < -0.4 is 4.74 Å². The SMILES string of the molecule is CC(C)(COc1ccc(C#N)cc1)N1CCN(Cc2nc3ccccc3s2)CC1. The van der Waals surface area contributed by atoms with Crippen LogP contribution in [0.5, 0.6) is 5.75 Å². The number of piperazine rings is 1. The molecule has 0 radical (unpaired) electrons. The van der Waals surface area contributed by atoms with Crippen LogP contribution in [0.25, 0.3) is 10.2 Å². The molecule has 0 aliphatic carbocycles. The topological polar surface area (TPSA) is 52.4 Å². The minimum absolute atomic E-state index is 0.0458. The van der Waals surface area contributed by atoms with Crippen LogP contribution in [0.2, 0.25) is 0 Å². The van der Waals surface area contributed by atoms with E-state index in [1.807, 2.05) is 18.2 Å². The van der Waals surface area contributed by atoms with Crippen molar-refractivity contribution >= 4 is 21.6 Å². The molecule has 3 aromatic rings. The summed E-state index contributed by atoms with van der Waals surface area (Å²) in [6, 6.07) is 17.8. The Bertz CT molecular complexity index is 965. The van der Waals surface area contributed by atoms with Gasteiger partial charge in [0.2, 0.25) is 0 Å². The highest BCUT2D eigenvalue weighted by Gasteiger charge is 2.31. The van der Waals surface area contributed by atoms with Gasteiger partial charge in [0.1, 0.15) is 17.4 Å². The fourth-order valence-electron chi connectivity index (χ4n) is 3.67. The minimum atomic E-state index is -0.0458. The zero-order valence-corrected chi connectivity index (χ0v) is 17.8. The average Bonchev–Trinajstić information content (AvgIpc) is 3.15. The summed E-state index contributed by atoms with van der Waals surface area (Å²) >= 11 is 1.80. The number of aromatic nitrogens is 1. The van der Waals surface area contributed by atoms with Crippen LogP contribution in [0.15, 0.2) is 48.5 Å². The highest BCUT2D eigenvalue weighted by Crippen LogP contribution is 2.24. The molecule has 0 N–H and O–H groups in total.